The molecule has 140 valence electrons. The number of fused-ring (bicyclic) bond motifs is 1. The number of hydrogen-bond donors (Lipinski definition) is 0. The zero-order valence-corrected chi connectivity index (χ0v) is 15.6. The largest absolute Gasteiger partial charge is 0.443 e. The van der Waals surface area contributed by atoms with Gasteiger partial charge in [0.25, 0.3) is 5.91 Å². The quantitative estimate of drug-likeness (QED) is 0.690. The molecule has 0 atom stereocenters. The van der Waals surface area contributed by atoms with Gasteiger partial charge in [0.05, 0.1) is 6.26 Å². The van der Waals surface area contributed by atoms with Crippen LogP contribution in [0.2, 0.25) is 0 Å². The van der Waals surface area contributed by atoms with Gasteiger partial charge in [-0.2, -0.15) is 4.31 Å². The molecule has 1 aromatic heterocycles. The van der Waals surface area contributed by atoms with E-state index in [0.717, 1.165) is 22.2 Å². The number of carbonyl (C=O) groups excluding carboxylic acids is 1. The van der Waals surface area contributed by atoms with Gasteiger partial charge in [-0.1, -0.05) is 18.2 Å². The third-order valence-electron chi connectivity index (χ3n) is 4.79. The van der Waals surface area contributed by atoms with E-state index in [4.69, 9.17) is 4.42 Å². The van der Waals surface area contributed by atoms with E-state index in [1.807, 2.05) is 30.3 Å². The molecule has 0 N–H and O–H groups in total. The van der Waals surface area contributed by atoms with Crippen molar-refractivity contribution in [1.82, 2.24) is 14.2 Å². The van der Waals surface area contributed by atoms with E-state index in [1.165, 1.54) is 17.0 Å². The van der Waals surface area contributed by atoms with Gasteiger partial charge >= 0.3 is 0 Å². The molecule has 0 radical (unpaired) electrons. The lowest BCUT2D eigenvalue weighted by Gasteiger charge is -2.33. The maximum Gasteiger partial charge on any atom is 0.253 e. The summed E-state index contributed by atoms with van der Waals surface area (Å²) in [4.78, 5) is 18.5. The number of oxazole rings is 1. The minimum absolute atomic E-state index is 0.0818. The normalized spacial score (nSPS) is 16.0. The molecule has 2 heterocycles. The molecule has 27 heavy (non-hydrogen) atoms. The topological polar surface area (TPSA) is 83.7 Å². The summed E-state index contributed by atoms with van der Waals surface area (Å²) in [6.07, 6.45) is 2.61. The lowest BCUT2D eigenvalue weighted by atomic mass is 10.0. The SMILES string of the molecule is CS(=O)(=O)N1CCN(C(=O)c2ccc(-c3ccc4ocnc4c3)cc2)CC1. The molecule has 3 aromatic rings. The lowest BCUT2D eigenvalue weighted by molar-refractivity contribution is 0.0698. The van der Waals surface area contributed by atoms with Crippen LogP contribution in [0.25, 0.3) is 22.2 Å². The van der Waals surface area contributed by atoms with Crippen molar-refractivity contribution in [2.45, 2.75) is 0 Å². The Balaban J connectivity index is 1.48. The molecule has 1 saturated heterocycles. The van der Waals surface area contributed by atoms with Crippen molar-refractivity contribution in [2.24, 2.45) is 0 Å². The lowest BCUT2D eigenvalue weighted by Crippen LogP contribution is -2.50. The highest BCUT2D eigenvalue weighted by Crippen LogP contribution is 2.24. The average Bonchev–Trinajstić information content (AvgIpc) is 3.15. The van der Waals surface area contributed by atoms with E-state index in [2.05, 4.69) is 4.98 Å². The molecule has 0 spiro atoms. The predicted octanol–water partition coefficient (Wildman–Crippen LogP) is 2.21. The third-order valence-corrected chi connectivity index (χ3v) is 6.09. The molecule has 7 nitrogen and oxygen atoms in total. The van der Waals surface area contributed by atoms with Crippen LogP contribution in [0.3, 0.4) is 0 Å². The smallest absolute Gasteiger partial charge is 0.253 e. The van der Waals surface area contributed by atoms with Crippen molar-refractivity contribution in [1.29, 1.82) is 0 Å². The molecule has 1 aliphatic heterocycles. The molecule has 0 saturated carbocycles. The summed E-state index contributed by atoms with van der Waals surface area (Å²) in [6.45, 7) is 1.47. The van der Waals surface area contributed by atoms with Crippen molar-refractivity contribution in [3.63, 3.8) is 0 Å². The number of carbonyl (C=O) groups is 1. The highest BCUT2D eigenvalue weighted by Gasteiger charge is 2.26. The zero-order valence-electron chi connectivity index (χ0n) is 14.8. The molecule has 1 aliphatic rings. The van der Waals surface area contributed by atoms with E-state index in [9.17, 15) is 13.2 Å². The Morgan fingerprint density at radius 3 is 2.33 bits per heavy atom. The van der Waals surface area contributed by atoms with Crippen LogP contribution in [0, 0.1) is 0 Å². The van der Waals surface area contributed by atoms with E-state index in [-0.39, 0.29) is 5.91 Å². The second-order valence-electron chi connectivity index (χ2n) is 6.57. The van der Waals surface area contributed by atoms with Crippen LogP contribution in [0.15, 0.2) is 53.3 Å². The summed E-state index contributed by atoms with van der Waals surface area (Å²) in [6, 6.07) is 13.2. The van der Waals surface area contributed by atoms with E-state index in [1.54, 1.807) is 17.0 Å². The van der Waals surface area contributed by atoms with Crippen molar-refractivity contribution < 1.29 is 17.6 Å². The number of hydrogen-bond acceptors (Lipinski definition) is 5. The van der Waals surface area contributed by atoms with Crippen LogP contribution in [-0.2, 0) is 10.0 Å². The van der Waals surface area contributed by atoms with Gasteiger partial charge in [0.15, 0.2) is 12.0 Å². The van der Waals surface area contributed by atoms with Gasteiger partial charge in [-0.05, 0) is 35.4 Å². The van der Waals surface area contributed by atoms with Gasteiger partial charge in [-0.15, -0.1) is 0 Å². The number of benzene rings is 2. The first-order valence-electron chi connectivity index (χ1n) is 8.60. The summed E-state index contributed by atoms with van der Waals surface area (Å²) in [5, 5.41) is 0. The van der Waals surface area contributed by atoms with Gasteiger partial charge in [-0.25, -0.2) is 13.4 Å². The molecule has 4 rings (SSSR count). The van der Waals surface area contributed by atoms with E-state index >= 15 is 0 Å². The Kier molecular flexibility index (Phi) is 4.45. The predicted molar refractivity (Wildman–Crippen MR) is 102 cm³/mol. The van der Waals surface area contributed by atoms with Crippen molar-refractivity contribution in [3.8, 4) is 11.1 Å². The van der Waals surface area contributed by atoms with E-state index in [0.29, 0.717) is 31.7 Å². The molecule has 8 heteroatoms. The van der Waals surface area contributed by atoms with Crippen LogP contribution >= 0.6 is 0 Å². The van der Waals surface area contributed by atoms with Crippen molar-refractivity contribution in [3.05, 3.63) is 54.4 Å². The second-order valence-corrected chi connectivity index (χ2v) is 8.55. The van der Waals surface area contributed by atoms with Crippen molar-refractivity contribution >= 4 is 27.0 Å². The number of amides is 1. The maximum absolute atomic E-state index is 12.7. The summed E-state index contributed by atoms with van der Waals surface area (Å²) in [5.74, 6) is -0.0818. The summed E-state index contributed by atoms with van der Waals surface area (Å²) in [5.41, 5.74) is 4.10. The molecule has 0 unspecified atom stereocenters. The summed E-state index contributed by atoms with van der Waals surface area (Å²) >= 11 is 0. The van der Waals surface area contributed by atoms with Gasteiger partial charge < -0.3 is 9.32 Å². The van der Waals surface area contributed by atoms with Gasteiger partial charge in [0.2, 0.25) is 10.0 Å². The average molecular weight is 385 g/mol. The molecular weight excluding hydrogens is 366 g/mol. The molecule has 0 aliphatic carbocycles. The summed E-state index contributed by atoms with van der Waals surface area (Å²) < 4.78 is 29.8. The fraction of sp³-hybridized carbons (Fsp3) is 0.263. The van der Waals surface area contributed by atoms with Gasteiger partial charge in [-0.3, -0.25) is 4.79 Å². The molecule has 2 aromatic carbocycles. The van der Waals surface area contributed by atoms with Crippen LogP contribution in [0.1, 0.15) is 10.4 Å². The minimum atomic E-state index is -3.20. The maximum atomic E-state index is 12.7. The Bertz CT molecular complexity index is 1080. The first-order chi connectivity index (χ1) is 12.9. The number of sulfonamides is 1. The second kappa shape index (κ2) is 6.79. The van der Waals surface area contributed by atoms with Crippen LogP contribution in [0.4, 0.5) is 0 Å². The minimum Gasteiger partial charge on any atom is -0.443 e. The van der Waals surface area contributed by atoms with Gasteiger partial charge in [0.1, 0.15) is 5.52 Å². The van der Waals surface area contributed by atoms with Crippen LogP contribution in [-0.4, -0.2) is 60.9 Å². The van der Waals surface area contributed by atoms with Gasteiger partial charge in [0, 0.05) is 31.7 Å². The summed E-state index contributed by atoms with van der Waals surface area (Å²) in [7, 11) is -3.20. The standard InChI is InChI=1S/C19H19N3O4S/c1-27(24,25)22-10-8-21(9-11-22)19(23)15-4-2-14(3-5-15)16-6-7-18-17(12-16)20-13-26-18/h2-7,12-13H,8-11H2,1H3. The number of rotatable bonds is 3. The Morgan fingerprint density at radius 1 is 1.00 bits per heavy atom. The first-order valence-corrected chi connectivity index (χ1v) is 10.4. The third kappa shape index (κ3) is 3.58. The molecule has 1 fully saturated rings. The Hall–Kier alpha value is -2.71. The first kappa shape index (κ1) is 17.7. The van der Waals surface area contributed by atoms with Crippen LogP contribution < -0.4 is 0 Å². The van der Waals surface area contributed by atoms with E-state index < -0.39 is 10.0 Å². The molecular formula is C19H19N3O4S. The monoisotopic (exact) mass is 385 g/mol. The zero-order chi connectivity index (χ0) is 19.0. The fourth-order valence-corrected chi connectivity index (χ4v) is 4.07. The molecule has 1 amide bonds. The Morgan fingerprint density at radius 2 is 1.67 bits per heavy atom. The van der Waals surface area contributed by atoms with Crippen LogP contribution in [0.5, 0.6) is 0 Å². The fourth-order valence-electron chi connectivity index (χ4n) is 3.25. The number of nitrogens with zero attached hydrogens (tertiary/aromatic N) is 3. The molecule has 0 bridgehead atoms. The number of aromatic nitrogens is 1. The van der Waals surface area contributed by atoms with Crippen molar-refractivity contribution in [2.75, 3.05) is 32.4 Å². The highest BCUT2D eigenvalue weighted by atomic mass is 32.2. The Labute approximate surface area is 157 Å². The highest BCUT2D eigenvalue weighted by molar-refractivity contribution is 7.88. The number of piperazine rings is 1.